The van der Waals surface area contributed by atoms with Crippen LogP contribution >= 0.6 is 0 Å². The molecular formula is C11H15N. The van der Waals surface area contributed by atoms with Crippen molar-refractivity contribution in [2.24, 2.45) is 0 Å². The molecule has 1 aliphatic rings. The Morgan fingerprint density at radius 3 is 2.50 bits per heavy atom. The summed E-state index contributed by atoms with van der Waals surface area (Å²) in [6.45, 7) is 2.31. The normalized spacial score (nSPS) is 17.7. The molecule has 0 amide bonds. The molecule has 0 radical (unpaired) electrons. The third kappa shape index (κ3) is 1.67. The van der Waals surface area contributed by atoms with Crippen molar-refractivity contribution in [3.63, 3.8) is 0 Å². The molecule has 1 aliphatic heterocycles. The summed E-state index contributed by atoms with van der Waals surface area (Å²) in [5.41, 5.74) is 3.09. The zero-order chi connectivity index (χ0) is 8.23. The molecule has 1 nitrogen and oxygen atoms in total. The molecule has 64 valence electrons. The van der Waals surface area contributed by atoms with E-state index in [1.165, 1.54) is 31.4 Å². The quantitative estimate of drug-likeness (QED) is 0.611. The van der Waals surface area contributed by atoms with E-state index in [1.54, 1.807) is 5.56 Å². The maximum atomic E-state index is 3.43. The average molecular weight is 161 g/mol. The average Bonchev–Trinajstić information content (AvgIpc) is 2.06. The van der Waals surface area contributed by atoms with Crippen molar-refractivity contribution in [1.29, 1.82) is 0 Å². The Labute approximate surface area is 73.8 Å². The molecule has 1 aromatic carbocycles. The van der Waals surface area contributed by atoms with Crippen molar-refractivity contribution in [1.82, 2.24) is 5.32 Å². The lowest BCUT2D eigenvalue weighted by atomic mass is 9.99. The molecule has 0 fully saturated rings. The van der Waals surface area contributed by atoms with Gasteiger partial charge in [-0.25, -0.2) is 0 Å². The van der Waals surface area contributed by atoms with Crippen molar-refractivity contribution in [2.45, 2.75) is 19.3 Å². The van der Waals surface area contributed by atoms with E-state index in [0.29, 0.717) is 0 Å². The maximum Gasteiger partial charge on any atom is -0.000825 e. The summed E-state index contributed by atoms with van der Waals surface area (Å²) in [5, 5.41) is 3.43. The second-order valence-electron chi connectivity index (χ2n) is 3.37. The van der Waals surface area contributed by atoms with E-state index in [1.807, 2.05) is 0 Å². The van der Waals surface area contributed by atoms with Crippen LogP contribution in [0.15, 0.2) is 24.3 Å². The fraction of sp³-hybridized carbons (Fsp3) is 0.455. The SMILES string of the molecule is c1ccc2c(c1)CCCNCC2. The highest BCUT2D eigenvalue weighted by Crippen LogP contribution is 2.12. The van der Waals surface area contributed by atoms with Gasteiger partial charge in [0.05, 0.1) is 0 Å². The number of nitrogens with one attached hydrogen (secondary N) is 1. The summed E-state index contributed by atoms with van der Waals surface area (Å²) in [5.74, 6) is 0. The van der Waals surface area contributed by atoms with Crippen LogP contribution in [0.1, 0.15) is 17.5 Å². The standard InChI is InChI=1S/C11H15N/c1-2-5-11-7-9-12-8-3-6-10(11)4-1/h1-2,4-5,12H,3,6-9H2. The number of hydrogen-bond donors (Lipinski definition) is 1. The van der Waals surface area contributed by atoms with Gasteiger partial charge in [0.2, 0.25) is 0 Å². The van der Waals surface area contributed by atoms with E-state index in [9.17, 15) is 0 Å². The van der Waals surface area contributed by atoms with Crippen LogP contribution in [0.25, 0.3) is 0 Å². The first-order valence-electron chi connectivity index (χ1n) is 4.74. The predicted molar refractivity (Wildman–Crippen MR) is 51.3 cm³/mol. The zero-order valence-electron chi connectivity index (χ0n) is 7.34. The first-order chi connectivity index (χ1) is 5.97. The minimum Gasteiger partial charge on any atom is -0.316 e. The molecule has 0 saturated heterocycles. The van der Waals surface area contributed by atoms with E-state index >= 15 is 0 Å². The Kier molecular flexibility index (Phi) is 2.42. The van der Waals surface area contributed by atoms with Crippen LogP contribution in [0.5, 0.6) is 0 Å². The van der Waals surface area contributed by atoms with Crippen LogP contribution in [0.3, 0.4) is 0 Å². The lowest BCUT2D eigenvalue weighted by Gasteiger charge is -2.13. The number of benzene rings is 1. The van der Waals surface area contributed by atoms with Gasteiger partial charge >= 0.3 is 0 Å². The fourth-order valence-electron chi connectivity index (χ4n) is 1.80. The van der Waals surface area contributed by atoms with Crippen LogP contribution < -0.4 is 5.32 Å². The third-order valence-corrected chi connectivity index (χ3v) is 2.49. The second kappa shape index (κ2) is 3.72. The zero-order valence-corrected chi connectivity index (χ0v) is 7.34. The Hall–Kier alpha value is -0.820. The van der Waals surface area contributed by atoms with Gasteiger partial charge in [-0.05, 0) is 43.5 Å². The van der Waals surface area contributed by atoms with Gasteiger partial charge in [0.1, 0.15) is 0 Å². The lowest BCUT2D eigenvalue weighted by Crippen LogP contribution is -2.21. The Morgan fingerprint density at radius 1 is 0.917 bits per heavy atom. The summed E-state index contributed by atoms with van der Waals surface area (Å²) in [6.07, 6.45) is 3.70. The molecule has 0 aromatic heterocycles. The van der Waals surface area contributed by atoms with Gasteiger partial charge in [-0.3, -0.25) is 0 Å². The molecule has 0 unspecified atom stereocenters. The summed E-state index contributed by atoms with van der Waals surface area (Å²) in [7, 11) is 0. The van der Waals surface area contributed by atoms with Crippen molar-refractivity contribution in [3.05, 3.63) is 35.4 Å². The predicted octanol–water partition coefficient (Wildman–Crippen LogP) is 1.76. The van der Waals surface area contributed by atoms with Gasteiger partial charge in [-0.1, -0.05) is 24.3 Å². The molecule has 1 N–H and O–H groups in total. The Morgan fingerprint density at radius 2 is 1.67 bits per heavy atom. The van der Waals surface area contributed by atoms with E-state index in [0.717, 1.165) is 6.54 Å². The monoisotopic (exact) mass is 161 g/mol. The van der Waals surface area contributed by atoms with Crippen molar-refractivity contribution >= 4 is 0 Å². The topological polar surface area (TPSA) is 12.0 Å². The summed E-state index contributed by atoms with van der Waals surface area (Å²) < 4.78 is 0. The van der Waals surface area contributed by atoms with Gasteiger partial charge in [0.25, 0.3) is 0 Å². The number of fused-ring (bicyclic) bond motifs is 1. The van der Waals surface area contributed by atoms with E-state index < -0.39 is 0 Å². The minimum atomic E-state index is 1.14. The number of hydrogen-bond acceptors (Lipinski definition) is 1. The number of rotatable bonds is 0. The molecule has 0 bridgehead atoms. The minimum absolute atomic E-state index is 1.14. The summed E-state index contributed by atoms with van der Waals surface area (Å²) >= 11 is 0. The van der Waals surface area contributed by atoms with Gasteiger partial charge in [0, 0.05) is 0 Å². The van der Waals surface area contributed by atoms with Crippen molar-refractivity contribution in [2.75, 3.05) is 13.1 Å². The van der Waals surface area contributed by atoms with Gasteiger partial charge < -0.3 is 5.32 Å². The summed E-state index contributed by atoms with van der Waals surface area (Å²) in [6, 6.07) is 8.80. The van der Waals surface area contributed by atoms with Gasteiger partial charge in [-0.2, -0.15) is 0 Å². The highest BCUT2D eigenvalue weighted by molar-refractivity contribution is 5.27. The molecule has 1 aromatic rings. The fourth-order valence-corrected chi connectivity index (χ4v) is 1.80. The molecule has 12 heavy (non-hydrogen) atoms. The molecule has 0 saturated carbocycles. The van der Waals surface area contributed by atoms with Crippen molar-refractivity contribution in [3.8, 4) is 0 Å². The van der Waals surface area contributed by atoms with Gasteiger partial charge in [0.15, 0.2) is 0 Å². The number of aryl methyl sites for hydroxylation is 1. The van der Waals surface area contributed by atoms with Crippen molar-refractivity contribution < 1.29 is 0 Å². The van der Waals surface area contributed by atoms with Crippen LogP contribution in [-0.4, -0.2) is 13.1 Å². The van der Waals surface area contributed by atoms with Crippen LogP contribution in [0.4, 0.5) is 0 Å². The largest absolute Gasteiger partial charge is 0.316 e. The Bertz CT molecular complexity index is 228. The second-order valence-corrected chi connectivity index (χ2v) is 3.37. The molecular weight excluding hydrogens is 146 g/mol. The molecule has 0 aliphatic carbocycles. The Balaban J connectivity index is 2.24. The third-order valence-electron chi connectivity index (χ3n) is 2.49. The van der Waals surface area contributed by atoms with E-state index in [2.05, 4.69) is 29.6 Å². The molecule has 2 rings (SSSR count). The van der Waals surface area contributed by atoms with Crippen LogP contribution in [-0.2, 0) is 12.8 Å². The smallest absolute Gasteiger partial charge is 0.000825 e. The maximum absolute atomic E-state index is 3.43. The highest BCUT2D eigenvalue weighted by Gasteiger charge is 2.03. The molecule has 1 heteroatoms. The first kappa shape index (κ1) is 7.81. The highest BCUT2D eigenvalue weighted by atomic mass is 14.8. The van der Waals surface area contributed by atoms with E-state index in [-0.39, 0.29) is 0 Å². The van der Waals surface area contributed by atoms with Gasteiger partial charge in [-0.15, -0.1) is 0 Å². The first-order valence-corrected chi connectivity index (χ1v) is 4.74. The molecule has 0 atom stereocenters. The lowest BCUT2D eigenvalue weighted by molar-refractivity contribution is 0.626. The van der Waals surface area contributed by atoms with Crippen LogP contribution in [0, 0.1) is 0 Å². The van der Waals surface area contributed by atoms with E-state index in [4.69, 9.17) is 0 Å². The molecule has 0 spiro atoms. The van der Waals surface area contributed by atoms with Crippen LogP contribution in [0.2, 0.25) is 0 Å². The molecule has 1 heterocycles. The summed E-state index contributed by atoms with van der Waals surface area (Å²) in [4.78, 5) is 0.